The van der Waals surface area contributed by atoms with Crippen LogP contribution in [0.5, 0.6) is 0 Å². The fourth-order valence-electron chi connectivity index (χ4n) is 2.52. The number of ether oxygens (including phenoxy) is 1. The second-order valence-electron chi connectivity index (χ2n) is 5.57. The molecule has 1 aliphatic heterocycles. The summed E-state index contributed by atoms with van der Waals surface area (Å²) in [6, 6.07) is 5.96. The van der Waals surface area contributed by atoms with E-state index in [0.29, 0.717) is 25.3 Å². The standard InChI is InChI=1S/C15H23N3O4S/c1-22-10-8-17-23(20,21)14-6-4-12(5-7-14)15(19)18-9-2-3-13(16)11-18/h4-7,13,17H,2-3,8-11,16H2,1H3. The highest BCUT2D eigenvalue weighted by molar-refractivity contribution is 7.89. The van der Waals surface area contributed by atoms with Gasteiger partial charge in [0.25, 0.3) is 5.91 Å². The molecule has 23 heavy (non-hydrogen) atoms. The Kier molecular flexibility index (Phi) is 6.11. The number of nitrogens with one attached hydrogen (secondary N) is 1. The predicted octanol–water partition coefficient (Wildman–Crippen LogP) is 0.175. The average molecular weight is 341 g/mol. The minimum atomic E-state index is -3.58. The summed E-state index contributed by atoms with van der Waals surface area (Å²) in [4.78, 5) is 14.2. The number of carbonyl (C=O) groups is 1. The van der Waals surface area contributed by atoms with Gasteiger partial charge in [-0.25, -0.2) is 13.1 Å². The topological polar surface area (TPSA) is 102 Å². The van der Waals surface area contributed by atoms with Gasteiger partial charge in [-0.2, -0.15) is 0 Å². The molecule has 1 aliphatic rings. The number of carbonyl (C=O) groups excluding carboxylic acids is 1. The Morgan fingerprint density at radius 2 is 2.09 bits per heavy atom. The minimum Gasteiger partial charge on any atom is -0.383 e. The first kappa shape index (κ1) is 17.9. The third kappa shape index (κ3) is 4.74. The monoisotopic (exact) mass is 341 g/mol. The van der Waals surface area contributed by atoms with Crippen LogP contribution in [0.15, 0.2) is 29.2 Å². The number of amides is 1. The number of likely N-dealkylation sites (tertiary alicyclic amines) is 1. The maximum atomic E-state index is 12.4. The molecular weight excluding hydrogens is 318 g/mol. The predicted molar refractivity (Wildman–Crippen MR) is 86.6 cm³/mol. The van der Waals surface area contributed by atoms with Gasteiger partial charge in [0.15, 0.2) is 0 Å². The molecule has 128 valence electrons. The molecule has 0 aliphatic carbocycles. The number of benzene rings is 1. The molecule has 0 aromatic heterocycles. The highest BCUT2D eigenvalue weighted by Crippen LogP contribution is 2.15. The van der Waals surface area contributed by atoms with E-state index in [2.05, 4.69) is 4.72 Å². The smallest absolute Gasteiger partial charge is 0.253 e. The average Bonchev–Trinajstić information content (AvgIpc) is 2.54. The lowest BCUT2D eigenvalue weighted by molar-refractivity contribution is 0.0708. The Balaban J connectivity index is 2.05. The van der Waals surface area contributed by atoms with Gasteiger partial charge < -0.3 is 15.4 Å². The second-order valence-corrected chi connectivity index (χ2v) is 7.34. The van der Waals surface area contributed by atoms with Crippen molar-refractivity contribution in [2.24, 2.45) is 5.73 Å². The van der Waals surface area contributed by atoms with Crippen LogP contribution in [0.1, 0.15) is 23.2 Å². The Bertz CT molecular complexity index is 631. The van der Waals surface area contributed by atoms with Gasteiger partial charge in [0.1, 0.15) is 0 Å². The lowest BCUT2D eigenvalue weighted by Gasteiger charge is -2.30. The molecule has 1 aromatic carbocycles. The Morgan fingerprint density at radius 1 is 1.39 bits per heavy atom. The second kappa shape index (κ2) is 7.87. The summed E-state index contributed by atoms with van der Waals surface area (Å²) in [5.41, 5.74) is 6.36. The molecule has 1 amide bonds. The van der Waals surface area contributed by atoms with Gasteiger partial charge in [0.05, 0.1) is 11.5 Å². The SMILES string of the molecule is COCCNS(=O)(=O)c1ccc(C(=O)N2CCCC(N)C2)cc1. The third-order valence-corrected chi connectivity index (χ3v) is 5.23. The molecule has 1 aromatic rings. The largest absolute Gasteiger partial charge is 0.383 e. The van der Waals surface area contributed by atoms with E-state index in [-0.39, 0.29) is 23.4 Å². The highest BCUT2D eigenvalue weighted by atomic mass is 32.2. The minimum absolute atomic E-state index is 0.0114. The van der Waals surface area contributed by atoms with E-state index >= 15 is 0 Å². The number of piperidine rings is 1. The molecule has 0 bridgehead atoms. The first-order valence-corrected chi connectivity index (χ1v) is 9.06. The van der Waals surface area contributed by atoms with E-state index in [1.165, 1.54) is 31.4 Å². The fraction of sp³-hybridized carbons (Fsp3) is 0.533. The molecule has 1 heterocycles. The summed E-state index contributed by atoms with van der Waals surface area (Å²) in [5.74, 6) is -0.114. The Labute approximate surface area is 136 Å². The molecule has 1 atom stereocenters. The highest BCUT2D eigenvalue weighted by Gasteiger charge is 2.22. The van der Waals surface area contributed by atoms with Crippen molar-refractivity contribution in [1.82, 2.24) is 9.62 Å². The van der Waals surface area contributed by atoms with Crippen LogP contribution in [0.3, 0.4) is 0 Å². The number of nitrogens with two attached hydrogens (primary N) is 1. The lowest BCUT2D eigenvalue weighted by Crippen LogP contribution is -2.45. The van der Waals surface area contributed by atoms with Crippen molar-refractivity contribution in [1.29, 1.82) is 0 Å². The van der Waals surface area contributed by atoms with Gasteiger partial charge >= 0.3 is 0 Å². The van der Waals surface area contributed by atoms with Crippen molar-refractivity contribution in [2.45, 2.75) is 23.8 Å². The van der Waals surface area contributed by atoms with Crippen LogP contribution in [0.2, 0.25) is 0 Å². The Hall–Kier alpha value is -1.48. The zero-order valence-corrected chi connectivity index (χ0v) is 14.0. The maximum absolute atomic E-state index is 12.4. The quantitative estimate of drug-likeness (QED) is 0.719. The Morgan fingerprint density at radius 3 is 2.70 bits per heavy atom. The lowest BCUT2D eigenvalue weighted by atomic mass is 10.1. The van der Waals surface area contributed by atoms with E-state index in [1.54, 1.807) is 4.90 Å². The summed E-state index contributed by atoms with van der Waals surface area (Å²) < 4.78 is 31.4. The van der Waals surface area contributed by atoms with Crippen molar-refractivity contribution in [3.63, 3.8) is 0 Å². The first-order valence-electron chi connectivity index (χ1n) is 7.57. The maximum Gasteiger partial charge on any atom is 0.253 e. The van der Waals surface area contributed by atoms with Crippen molar-refractivity contribution in [2.75, 3.05) is 33.4 Å². The third-order valence-electron chi connectivity index (χ3n) is 3.75. The van der Waals surface area contributed by atoms with Gasteiger partial charge in [0, 0.05) is 38.3 Å². The summed E-state index contributed by atoms with van der Waals surface area (Å²) in [6.45, 7) is 1.72. The molecule has 0 saturated carbocycles. The van der Waals surface area contributed by atoms with Crippen LogP contribution in [0.25, 0.3) is 0 Å². The van der Waals surface area contributed by atoms with E-state index in [1.807, 2.05) is 0 Å². The molecule has 8 heteroatoms. The molecule has 7 nitrogen and oxygen atoms in total. The molecule has 1 fully saturated rings. The van der Waals surface area contributed by atoms with Crippen molar-refractivity contribution in [3.8, 4) is 0 Å². The van der Waals surface area contributed by atoms with Crippen molar-refractivity contribution in [3.05, 3.63) is 29.8 Å². The number of sulfonamides is 1. The van der Waals surface area contributed by atoms with Crippen molar-refractivity contribution >= 4 is 15.9 Å². The first-order chi connectivity index (χ1) is 10.9. The van der Waals surface area contributed by atoms with Gasteiger partial charge in [-0.05, 0) is 37.1 Å². The number of nitrogens with zero attached hydrogens (tertiary/aromatic N) is 1. The number of hydrogen-bond donors (Lipinski definition) is 2. The molecule has 0 radical (unpaired) electrons. The summed E-state index contributed by atoms with van der Waals surface area (Å²) in [5, 5.41) is 0. The summed E-state index contributed by atoms with van der Waals surface area (Å²) in [6.07, 6.45) is 1.82. The number of rotatable bonds is 6. The molecular formula is C15H23N3O4S. The summed E-state index contributed by atoms with van der Waals surface area (Å²) >= 11 is 0. The normalized spacial score (nSPS) is 18.9. The number of methoxy groups -OCH3 is 1. The van der Waals surface area contributed by atoms with Gasteiger partial charge in [-0.15, -0.1) is 0 Å². The van der Waals surface area contributed by atoms with Crippen LogP contribution in [0, 0.1) is 0 Å². The molecule has 0 spiro atoms. The summed E-state index contributed by atoms with van der Waals surface area (Å²) in [7, 11) is -2.08. The molecule has 1 saturated heterocycles. The van der Waals surface area contributed by atoms with E-state index in [4.69, 9.17) is 10.5 Å². The fourth-order valence-corrected chi connectivity index (χ4v) is 3.53. The van der Waals surface area contributed by atoms with Gasteiger partial charge in [-0.3, -0.25) is 4.79 Å². The van der Waals surface area contributed by atoms with E-state index in [9.17, 15) is 13.2 Å². The van der Waals surface area contributed by atoms with Crippen LogP contribution < -0.4 is 10.5 Å². The van der Waals surface area contributed by atoms with Crippen LogP contribution in [-0.4, -0.2) is 58.6 Å². The van der Waals surface area contributed by atoms with Crippen LogP contribution >= 0.6 is 0 Å². The van der Waals surface area contributed by atoms with E-state index in [0.717, 1.165) is 12.8 Å². The van der Waals surface area contributed by atoms with Gasteiger partial charge in [0.2, 0.25) is 10.0 Å². The van der Waals surface area contributed by atoms with Crippen LogP contribution in [0.4, 0.5) is 0 Å². The molecule has 3 N–H and O–H groups in total. The van der Waals surface area contributed by atoms with E-state index < -0.39 is 10.0 Å². The zero-order valence-electron chi connectivity index (χ0n) is 13.2. The number of hydrogen-bond acceptors (Lipinski definition) is 5. The van der Waals surface area contributed by atoms with Crippen LogP contribution in [-0.2, 0) is 14.8 Å². The van der Waals surface area contributed by atoms with Crippen molar-refractivity contribution < 1.29 is 17.9 Å². The molecule has 2 rings (SSSR count). The molecule has 1 unspecified atom stereocenters. The zero-order chi connectivity index (χ0) is 16.9. The van der Waals surface area contributed by atoms with Gasteiger partial charge in [-0.1, -0.05) is 0 Å².